The molecule has 0 radical (unpaired) electrons. The van der Waals surface area contributed by atoms with Crippen LogP contribution < -0.4 is 16.0 Å². The van der Waals surface area contributed by atoms with Gasteiger partial charge in [0.1, 0.15) is 18.3 Å². The number of phenols is 3. The Balaban J connectivity index is 1.81. The third-order valence-corrected chi connectivity index (χ3v) is 5.57. The van der Waals surface area contributed by atoms with Gasteiger partial charge in [0.05, 0.1) is 16.9 Å². The second-order valence-corrected chi connectivity index (χ2v) is 7.55. The molecule has 12 heteroatoms. The summed E-state index contributed by atoms with van der Waals surface area (Å²) in [5, 5.41) is 60.0. The van der Waals surface area contributed by atoms with Crippen LogP contribution in [0, 0.1) is 0 Å². The third kappa shape index (κ3) is 2.64. The summed E-state index contributed by atoms with van der Waals surface area (Å²) < 4.78 is 21.2. The van der Waals surface area contributed by atoms with Crippen molar-refractivity contribution in [2.45, 2.75) is 37.6 Å². The van der Waals surface area contributed by atoms with E-state index in [1.54, 1.807) is 0 Å². The van der Waals surface area contributed by atoms with Crippen LogP contribution in [0.2, 0.25) is 0 Å². The fraction of sp³-hybridized carbons (Fsp3) is 0.300. The van der Waals surface area contributed by atoms with Gasteiger partial charge in [-0.2, -0.15) is 0 Å². The molecule has 168 valence electrons. The van der Waals surface area contributed by atoms with Gasteiger partial charge >= 0.3 is 11.3 Å². The summed E-state index contributed by atoms with van der Waals surface area (Å²) in [5.74, 6) is -2.68. The van der Waals surface area contributed by atoms with E-state index in [4.69, 9.17) is 18.3 Å². The minimum absolute atomic E-state index is 0.0621. The van der Waals surface area contributed by atoms with E-state index in [-0.39, 0.29) is 21.5 Å². The molecule has 3 heterocycles. The first-order chi connectivity index (χ1) is 15.1. The maximum atomic E-state index is 12.6. The quantitative estimate of drug-likeness (QED) is 0.134. The first-order valence-corrected chi connectivity index (χ1v) is 9.40. The highest BCUT2D eigenvalue weighted by Crippen LogP contribution is 2.45. The van der Waals surface area contributed by atoms with Gasteiger partial charge in [-0.3, -0.25) is 0 Å². The van der Waals surface area contributed by atoms with E-state index in [2.05, 4.69) is 0 Å². The Morgan fingerprint density at radius 3 is 2.03 bits per heavy atom. The maximum Gasteiger partial charge on any atom is 0.344 e. The van der Waals surface area contributed by atoms with Gasteiger partial charge in [-0.05, 0) is 19.1 Å². The second-order valence-electron chi connectivity index (χ2n) is 7.55. The molecule has 12 nitrogen and oxygen atoms in total. The minimum Gasteiger partial charge on any atom is -0.504 e. The smallest absolute Gasteiger partial charge is 0.344 e. The van der Waals surface area contributed by atoms with Gasteiger partial charge in [0.2, 0.25) is 17.8 Å². The van der Waals surface area contributed by atoms with Gasteiger partial charge in [0.15, 0.2) is 22.7 Å². The van der Waals surface area contributed by atoms with E-state index in [9.17, 15) is 40.2 Å². The molecule has 2 aromatic carbocycles. The van der Waals surface area contributed by atoms with E-state index in [0.717, 1.165) is 12.1 Å². The van der Waals surface area contributed by atoms with E-state index < -0.39 is 76.1 Å². The van der Waals surface area contributed by atoms with Gasteiger partial charge in [0, 0.05) is 10.8 Å². The Hall–Kier alpha value is -3.58. The Labute approximate surface area is 176 Å². The van der Waals surface area contributed by atoms with Crippen LogP contribution in [0.4, 0.5) is 0 Å². The lowest BCUT2D eigenvalue weighted by Crippen LogP contribution is -2.58. The normalized spacial score (nSPS) is 26.3. The predicted octanol–water partition coefficient (Wildman–Crippen LogP) is -0.187. The summed E-state index contributed by atoms with van der Waals surface area (Å²) in [4.78, 5) is 25.1. The minimum atomic E-state index is -1.74. The van der Waals surface area contributed by atoms with Crippen molar-refractivity contribution in [3.8, 4) is 23.0 Å². The van der Waals surface area contributed by atoms with Crippen molar-refractivity contribution in [3.05, 3.63) is 33.0 Å². The molecule has 0 spiro atoms. The average molecular weight is 448 g/mol. The van der Waals surface area contributed by atoms with Crippen LogP contribution in [-0.2, 0) is 4.74 Å². The fourth-order valence-corrected chi connectivity index (χ4v) is 3.91. The number of rotatable bonds is 2. The van der Waals surface area contributed by atoms with E-state index in [1.165, 1.54) is 6.92 Å². The van der Waals surface area contributed by atoms with Crippen LogP contribution in [0.15, 0.2) is 30.6 Å². The van der Waals surface area contributed by atoms with Crippen LogP contribution in [0.25, 0.3) is 32.7 Å². The topological polar surface area (TPSA) is 200 Å². The van der Waals surface area contributed by atoms with Crippen LogP contribution in [-0.4, -0.2) is 61.3 Å². The lowest BCUT2D eigenvalue weighted by Gasteiger charge is -2.38. The molecular formula is C20H16O12. The highest BCUT2D eigenvalue weighted by molar-refractivity contribution is 6.22. The van der Waals surface area contributed by atoms with Gasteiger partial charge < -0.3 is 48.9 Å². The van der Waals surface area contributed by atoms with Crippen molar-refractivity contribution >= 4 is 32.7 Å². The summed E-state index contributed by atoms with van der Waals surface area (Å²) in [6, 6.07) is 1.90. The molecule has 1 saturated heterocycles. The summed E-state index contributed by atoms with van der Waals surface area (Å²) >= 11 is 0. The highest BCUT2D eigenvalue weighted by Gasteiger charge is 2.44. The summed E-state index contributed by atoms with van der Waals surface area (Å²) in [6.45, 7) is 1.42. The molecule has 5 rings (SSSR count). The number of phenolic OH excluding ortho intramolecular Hbond substituents is 3. The SMILES string of the molecule is C[C@H]1OC(Oc2c(O)cc3c(=O)oc4c(O)c(O)cc5c(=O)oc2c3c45)[C@@H](O)[C@@H](O)[C@@H]1O. The van der Waals surface area contributed by atoms with Crippen LogP contribution in [0.3, 0.4) is 0 Å². The number of benzene rings is 2. The van der Waals surface area contributed by atoms with Crippen molar-refractivity contribution in [1.82, 2.24) is 0 Å². The lowest BCUT2D eigenvalue weighted by molar-refractivity contribution is -0.268. The molecule has 1 aliphatic heterocycles. The zero-order valence-corrected chi connectivity index (χ0v) is 16.2. The number of hydrogen-bond donors (Lipinski definition) is 6. The van der Waals surface area contributed by atoms with Crippen molar-refractivity contribution in [2.75, 3.05) is 0 Å². The van der Waals surface area contributed by atoms with Crippen molar-refractivity contribution in [1.29, 1.82) is 0 Å². The fourth-order valence-electron chi connectivity index (χ4n) is 3.91. The summed E-state index contributed by atoms with van der Waals surface area (Å²) in [7, 11) is 0. The third-order valence-electron chi connectivity index (χ3n) is 5.57. The number of aromatic hydroxyl groups is 3. The number of ether oxygens (including phenoxy) is 2. The van der Waals surface area contributed by atoms with Gasteiger partial charge in [-0.15, -0.1) is 0 Å². The molecule has 2 aromatic heterocycles. The molecule has 0 aliphatic carbocycles. The van der Waals surface area contributed by atoms with Crippen LogP contribution in [0.1, 0.15) is 6.92 Å². The molecule has 0 amide bonds. The molecule has 1 fully saturated rings. The molecule has 1 unspecified atom stereocenters. The van der Waals surface area contributed by atoms with Crippen LogP contribution in [0.5, 0.6) is 23.0 Å². The molecule has 0 bridgehead atoms. The average Bonchev–Trinajstić information content (AvgIpc) is 2.75. The first-order valence-electron chi connectivity index (χ1n) is 9.40. The number of aliphatic hydroxyl groups excluding tert-OH is 3. The summed E-state index contributed by atoms with van der Waals surface area (Å²) in [5.41, 5.74) is -2.93. The van der Waals surface area contributed by atoms with E-state index >= 15 is 0 Å². The first kappa shape index (κ1) is 20.3. The maximum absolute atomic E-state index is 12.6. The van der Waals surface area contributed by atoms with E-state index in [1.807, 2.05) is 0 Å². The molecule has 4 aromatic rings. The Morgan fingerprint density at radius 1 is 0.812 bits per heavy atom. The van der Waals surface area contributed by atoms with Crippen molar-refractivity contribution < 1.29 is 48.9 Å². The Bertz CT molecular complexity index is 1480. The largest absolute Gasteiger partial charge is 0.504 e. The monoisotopic (exact) mass is 448 g/mol. The van der Waals surface area contributed by atoms with Gasteiger partial charge in [-0.25, -0.2) is 9.59 Å². The van der Waals surface area contributed by atoms with Crippen molar-refractivity contribution in [3.63, 3.8) is 0 Å². The molecule has 5 atom stereocenters. The summed E-state index contributed by atoms with van der Waals surface area (Å²) in [6.07, 6.45) is -7.33. The molecule has 1 aliphatic rings. The van der Waals surface area contributed by atoms with E-state index in [0.29, 0.717) is 0 Å². The lowest BCUT2D eigenvalue weighted by atomic mass is 10.00. The highest BCUT2D eigenvalue weighted by atomic mass is 16.7. The van der Waals surface area contributed by atoms with Gasteiger partial charge in [0.25, 0.3) is 0 Å². The molecular weight excluding hydrogens is 432 g/mol. The molecule has 6 N–H and O–H groups in total. The van der Waals surface area contributed by atoms with Crippen LogP contribution >= 0.6 is 0 Å². The second kappa shape index (κ2) is 6.71. The number of hydrogen-bond acceptors (Lipinski definition) is 12. The predicted molar refractivity (Wildman–Crippen MR) is 105 cm³/mol. The zero-order chi connectivity index (χ0) is 23.1. The Morgan fingerprint density at radius 2 is 1.38 bits per heavy atom. The molecule has 32 heavy (non-hydrogen) atoms. The zero-order valence-electron chi connectivity index (χ0n) is 16.2. The van der Waals surface area contributed by atoms with Crippen molar-refractivity contribution in [2.24, 2.45) is 0 Å². The standard InChI is InChI=1S/C20H16O12/c1-4-11(23)13(25)14(26)20(29-4)32-15-8(22)3-6-10-9-5(19(28)31-17(10)15)2-7(21)12(24)16(9)30-18(6)27/h2-4,11,13-14,20-26H,1H3/t4-,11-,13+,14+,20?/m1/s1. The molecule has 0 saturated carbocycles. The Kier molecular flexibility index (Phi) is 4.26. The van der Waals surface area contributed by atoms with Gasteiger partial charge in [-0.1, -0.05) is 0 Å². The number of aliphatic hydroxyl groups is 3.